The van der Waals surface area contributed by atoms with Crippen LogP contribution in [0.25, 0.3) is 33.3 Å². The van der Waals surface area contributed by atoms with Gasteiger partial charge in [-0.2, -0.15) is 0 Å². The lowest BCUT2D eigenvalue weighted by Gasteiger charge is -2.44. The number of ether oxygens (including phenoxy) is 2. The maximum Gasteiger partial charge on any atom is 0.324 e. The summed E-state index contributed by atoms with van der Waals surface area (Å²) in [7, 11) is 0. The predicted octanol–water partition coefficient (Wildman–Crippen LogP) is 6.93. The normalized spacial score (nSPS) is 27.1. The van der Waals surface area contributed by atoms with Crippen molar-refractivity contribution in [1.29, 1.82) is 0 Å². The standard InChI is InChI=1S/C58H79N9O5/c1-6-66-50-17-16-42-29-45(50)47(53(66)46-30-43(32-60-51(46)38(2)3)64-24-23-63-25-26-71-34-44(63)33-64)31-57(4,5)37-72-56(70)48-15-10-21-67(62-48)55(69)49(28-39-11-9-14-41(42)27-39)61-54(68)52(40-12-7-8-13-40)65-22-19-58(36-65)18-20-59-35-58/h9,11,14,16-17,27,29-30,32,38,40,44,48-49,52,59,62H,6-8,10,12-13,15,18-26,28,31,33-37H2,1-5H3,(H,61,68)/t44-,48-,49-,52-,58-/m0/s1. The molecule has 72 heavy (non-hydrogen) atoms. The van der Waals surface area contributed by atoms with Gasteiger partial charge in [0.15, 0.2) is 0 Å². The van der Waals surface area contributed by atoms with Crippen LogP contribution >= 0.6 is 0 Å². The average molecular weight is 982 g/mol. The number of morpholine rings is 1. The van der Waals surface area contributed by atoms with Gasteiger partial charge < -0.3 is 29.6 Å². The van der Waals surface area contributed by atoms with Crippen molar-refractivity contribution in [2.24, 2.45) is 16.7 Å². The number of piperazine rings is 1. The SMILES string of the molecule is CCn1c(-c2cc(N3CCN4CCOC[C@@H]4C3)cnc2C(C)C)c2c3cc(ccc31)-c1cccc(c1)C[C@H](NC(=O)[C@H](C1CCCC1)N1CC[C@]3(CCNC3)C1)C(=O)N1CCC[C@H](N1)C(=O)OCC(C)(C)C2. The Bertz CT molecular complexity index is 2650. The van der Waals surface area contributed by atoms with E-state index in [0.717, 1.165) is 150 Å². The Balaban J connectivity index is 0.983. The van der Waals surface area contributed by atoms with Crippen molar-refractivity contribution in [3.05, 3.63) is 71.5 Å². The van der Waals surface area contributed by atoms with Gasteiger partial charge in [-0.1, -0.05) is 70.9 Å². The Morgan fingerprint density at radius 2 is 1.81 bits per heavy atom. The van der Waals surface area contributed by atoms with E-state index in [1.54, 1.807) is 5.01 Å². The molecule has 6 aliphatic heterocycles. The first-order valence-corrected chi connectivity index (χ1v) is 27.7. The molecule has 5 atom stereocenters. The van der Waals surface area contributed by atoms with Crippen molar-refractivity contribution >= 4 is 34.4 Å². The quantitative estimate of drug-likeness (QED) is 0.159. The predicted molar refractivity (Wildman–Crippen MR) is 283 cm³/mol. The van der Waals surface area contributed by atoms with E-state index in [4.69, 9.17) is 14.5 Å². The fourth-order valence-corrected chi connectivity index (χ4v) is 13.8. The van der Waals surface area contributed by atoms with E-state index in [-0.39, 0.29) is 47.7 Å². The minimum Gasteiger partial charge on any atom is -0.464 e. The van der Waals surface area contributed by atoms with Crippen LogP contribution in [-0.4, -0.2) is 145 Å². The van der Waals surface area contributed by atoms with Crippen LogP contribution in [0.2, 0.25) is 0 Å². The number of cyclic esters (lactones) is 1. The molecular weight excluding hydrogens is 903 g/mol. The molecule has 6 fully saturated rings. The van der Waals surface area contributed by atoms with Crippen LogP contribution in [0.5, 0.6) is 0 Å². The molecule has 5 saturated heterocycles. The number of aromatic nitrogens is 2. The van der Waals surface area contributed by atoms with E-state index < -0.39 is 17.5 Å². The first kappa shape index (κ1) is 49.4. The molecule has 1 saturated carbocycles. The van der Waals surface area contributed by atoms with Crippen LogP contribution in [0.4, 0.5) is 5.69 Å². The summed E-state index contributed by atoms with van der Waals surface area (Å²) in [6.45, 7) is 21.7. The number of carbonyl (C=O) groups is 3. The highest BCUT2D eigenvalue weighted by atomic mass is 16.5. The van der Waals surface area contributed by atoms with Crippen LogP contribution < -0.4 is 21.0 Å². The van der Waals surface area contributed by atoms with E-state index in [0.29, 0.717) is 38.3 Å². The second-order valence-electron chi connectivity index (χ2n) is 23.7. The monoisotopic (exact) mass is 982 g/mol. The molecule has 2 aromatic heterocycles. The van der Waals surface area contributed by atoms with Gasteiger partial charge in [0, 0.05) is 80.7 Å². The number of esters is 1. The van der Waals surface area contributed by atoms with Gasteiger partial charge >= 0.3 is 5.97 Å². The number of hydrogen-bond donors (Lipinski definition) is 3. The number of benzene rings is 2. The highest BCUT2D eigenvalue weighted by molar-refractivity contribution is 5.96. The van der Waals surface area contributed by atoms with E-state index in [1.807, 2.05) is 0 Å². The van der Waals surface area contributed by atoms with E-state index in [1.165, 1.54) is 16.6 Å². The zero-order valence-electron chi connectivity index (χ0n) is 43.6. The number of nitrogens with zero attached hydrogens (tertiary/aromatic N) is 6. The topological polar surface area (TPSA) is 137 Å². The third-order valence-corrected chi connectivity index (χ3v) is 17.6. The molecule has 3 N–H and O–H groups in total. The van der Waals surface area contributed by atoms with Crippen molar-refractivity contribution in [1.82, 2.24) is 40.4 Å². The van der Waals surface area contributed by atoms with Crippen LogP contribution in [0, 0.1) is 16.7 Å². The summed E-state index contributed by atoms with van der Waals surface area (Å²) in [4.78, 5) is 57.0. The second kappa shape index (κ2) is 20.5. The van der Waals surface area contributed by atoms with Crippen molar-refractivity contribution < 1.29 is 23.9 Å². The van der Waals surface area contributed by atoms with Gasteiger partial charge in [0.25, 0.3) is 5.91 Å². The Kier molecular flexibility index (Phi) is 14.0. The molecule has 6 bridgehead atoms. The van der Waals surface area contributed by atoms with Gasteiger partial charge in [-0.25, -0.2) is 5.43 Å². The molecule has 14 heteroatoms. The van der Waals surface area contributed by atoms with Crippen LogP contribution in [0.1, 0.15) is 109 Å². The van der Waals surface area contributed by atoms with Crippen molar-refractivity contribution in [3.8, 4) is 22.4 Å². The Labute approximate surface area is 426 Å². The number of hydrogen-bond acceptors (Lipinski definition) is 11. The molecule has 1 spiro atoms. The largest absolute Gasteiger partial charge is 0.464 e. The summed E-state index contributed by atoms with van der Waals surface area (Å²) >= 11 is 0. The van der Waals surface area contributed by atoms with E-state index in [2.05, 4.69) is 125 Å². The average Bonchev–Trinajstić information content (AvgIpc) is 4.23. The Hall–Kier alpha value is -4.86. The lowest BCUT2D eigenvalue weighted by atomic mass is 9.83. The Morgan fingerprint density at radius 1 is 0.958 bits per heavy atom. The number of pyridine rings is 1. The molecule has 4 aromatic rings. The summed E-state index contributed by atoms with van der Waals surface area (Å²) in [5.41, 5.74) is 13.1. The molecular formula is C58H79N9O5. The number of hydrazine groups is 1. The molecule has 8 heterocycles. The minimum atomic E-state index is -0.837. The number of anilines is 1. The lowest BCUT2D eigenvalue weighted by Crippen LogP contribution is -2.62. The number of likely N-dealkylation sites (tertiary alicyclic amines) is 1. The molecule has 1 aliphatic carbocycles. The van der Waals surface area contributed by atoms with Gasteiger partial charge in [-0.05, 0) is 123 Å². The van der Waals surface area contributed by atoms with Gasteiger partial charge in [0.05, 0.1) is 55.2 Å². The van der Waals surface area contributed by atoms with Gasteiger partial charge in [-0.15, -0.1) is 0 Å². The second-order valence-corrected chi connectivity index (χ2v) is 23.7. The summed E-state index contributed by atoms with van der Waals surface area (Å²) in [5, 5.41) is 9.75. The fraction of sp³-hybridized carbons (Fsp3) is 0.621. The summed E-state index contributed by atoms with van der Waals surface area (Å²) in [6.07, 6.45) is 10.8. The minimum absolute atomic E-state index is 0.0475. The number of fused-ring (bicyclic) bond motifs is 7. The van der Waals surface area contributed by atoms with Crippen LogP contribution in [0.3, 0.4) is 0 Å². The Morgan fingerprint density at radius 3 is 2.61 bits per heavy atom. The zero-order valence-corrected chi connectivity index (χ0v) is 43.6. The smallest absolute Gasteiger partial charge is 0.324 e. The molecule has 2 aromatic carbocycles. The van der Waals surface area contributed by atoms with Crippen molar-refractivity contribution in [2.75, 3.05) is 83.6 Å². The van der Waals surface area contributed by atoms with Crippen molar-refractivity contribution in [3.63, 3.8) is 0 Å². The third-order valence-electron chi connectivity index (χ3n) is 17.6. The fourth-order valence-electron chi connectivity index (χ4n) is 13.8. The summed E-state index contributed by atoms with van der Waals surface area (Å²) in [5.74, 6) is -0.190. The maximum absolute atomic E-state index is 15.0. The van der Waals surface area contributed by atoms with E-state index >= 15 is 0 Å². The number of nitrogens with one attached hydrogen (secondary N) is 3. The highest BCUT2D eigenvalue weighted by Crippen LogP contribution is 2.44. The van der Waals surface area contributed by atoms with Crippen LogP contribution in [0.15, 0.2) is 54.7 Å². The molecule has 7 aliphatic rings. The molecule has 386 valence electrons. The van der Waals surface area contributed by atoms with Gasteiger partial charge in [-0.3, -0.25) is 34.2 Å². The lowest BCUT2D eigenvalue weighted by molar-refractivity contribution is -0.155. The molecule has 0 radical (unpaired) electrons. The summed E-state index contributed by atoms with van der Waals surface area (Å²) < 4.78 is 14.7. The number of aryl methyl sites for hydroxylation is 1. The molecule has 2 amide bonds. The third kappa shape index (κ3) is 9.83. The van der Waals surface area contributed by atoms with Gasteiger partial charge in [0.1, 0.15) is 12.1 Å². The molecule has 14 nitrogen and oxygen atoms in total. The number of amides is 2. The van der Waals surface area contributed by atoms with Crippen LogP contribution in [-0.2, 0) is 43.2 Å². The van der Waals surface area contributed by atoms with E-state index in [9.17, 15) is 14.4 Å². The maximum atomic E-state index is 15.0. The van der Waals surface area contributed by atoms with Crippen molar-refractivity contribution in [2.45, 2.75) is 135 Å². The molecule has 0 unspecified atom stereocenters. The summed E-state index contributed by atoms with van der Waals surface area (Å²) in [6, 6.07) is 16.3. The number of carbonyl (C=O) groups excluding carboxylic acids is 3. The zero-order chi connectivity index (χ0) is 49.7. The number of rotatable bonds is 8. The highest BCUT2D eigenvalue weighted by Gasteiger charge is 2.47. The first-order valence-electron chi connectivity index (χ1n) is 27.7. The first-order chi connectivity index (χ1) is 34.9. The van der Waals surface area contributed by atoms with Gasteiger partial charge in [0.2, 0.25) is 5.91 Å². The molecule has 11 rings (SSSR count).